The van der Waals surface area contributed by atoms with Gasteiger partial charge in [0.1, 0.15) is 0 Å². The van der Waals surface area contributed by atoms with Gasteiger partial charge in [-0.15, -0.1) is 0 Å². The number of nitrogens with two attached hydrogens (primary N) is 2. The zero-order chi connectivity index (χ0) is 11.4. The van der Waals surface area contributed by atoms with Gasteiger partial charge >= 0.3 is 0 Å². The lowest BCUT2D eigenvalue weighted by Crippen LogP contribution is -2.18. The van der Waals surface area contributed by atoms with Crippen LogP contribution in [-0.2, 0) is 6.42 Å². The molecular formula is C10H13N3O2. The number of allylic oxidation sites excluding steroid dienone is 1. The number of benzene rings is 1. The quantitative estimate of drug-likeness (QED) is 0.568. The molecule has 5 heteroatoms. The van der Waals surface area contributed by atoms with Crippen molar-refractivity contribution in [3.8, 4) is 0 Å². The highest BCUT2D eigenvalue weighted by molar-refractivity contribution is 5.24. The van der Waals surface area contributed by atoms with Gasteiger partial charge in [0.2, 0.25) is 0 Å². The average Bonchev–Trinajstić information content (AvgIpc) is 2.15. The fourth-order valence-electron chi connectivity index (χ4n) is 1.17. The fraction of sp³-hybridized carbons (Fsp3) is 0.200. The molecule has 0 aliphatic carbocycles. The summed E-state index contributed by atoms with van der Waals surface area (Å²) < 4.78 is 0. The van der Waals surface area contributed by atoms with E-state index >= 15 is 0 Å². The molecular weight excluding hydrogens is 194 g/mol. The Morgan fingerprint density at radius 3 is 2.27 bits per heavy atom. The maximum absolute atomic E-state index is 10.6. The summed E-state index contributed by atoms with van der Waals surface area (Å²) in [5.74, 6) is -0.236. The molecule has 0 amide bonds. The number of nitro groups is 1. The van der Waals surface area contributed by atoms with E-state index in [0.29, 0.717) is 0 Å². The lowest BCUT2D eigenvalue weighted by molar-refractivity contribution is -0.428. The maximum atomic E-state index is 10.6. The highest BCUT2D eigenvalue weighted by atomic mass is 16.6. The largest absolute Gasteiger partial charge is 0.380 e. The van der Waals surface area contributed by atoms with Crippen molar-refractivity contribution in [2.24, 2.45) is 11.5 Å². The van der Waals surface area contributed by atoms with Gasteiger partial charge in [-0.3, -0.25) is 10.1 Å². The first kappa shape index (κ1) is 11.0. The molecule has 80 valence electrons. The lowest BCUT2D eigenvalue weighted by atomic mass is 10.1. The second-order valence-corrected chi connectivity index (χ2v) is 3.32. The topological polar surface area (TPSA) is 95.2 Å². The Labute approximate surface area is 87.5 Å². The summed E-state index contributed by atoms with van der Waals surface area (Å²) >= 11 is 0. The van der Waals surface area contributed by atoms with Crippen molar-refractivity contribution < 1.29 is 4.92 Å². The van der Waals surface area contributed by atoms with Crippen molar-refractivity contribution >= 4 is 0 Å². The van der Waals surface area contributed by atoms with Crippen molar-refractivity contribution in [2.45, 2.75) is 13.3 Å². The molecule has 0 heterocycles. The number of hydrogen-bond acceptors (Lipinski definition) is 4. The summed E-state index contributed by atoms with van der Waals surface area (Å²) in [4.78, 5) is 10.1. The van der Waals surface area contributed by atoms with Crippen LogP contribution in [0.3, 0.4) is 0 Å². The van der Waals surface area contributed by atoms with Gasteiger partial charge < -0.3 is 11.5 Å². The van der Waals surface area contributed by atoms with Gasteiger partial charge in [-0.05, 0) is 12.5 Å². The molecule has 4 N–H and O–H groups in total. The minimum Gasteiger partial charge on any atom is -0.380 e. The molecule has 0 bridgehead atoms. The second-order valence-electron chi connectivity index (χ2n) is 3.32. The third kappa shape index (κ3) is 2.98. The monoisotopic (exact) mass is 207 g/mol. The van der Waals surface area contributed by atoms with E-state index in [2.05, 4.69) is 0 Å². The molecule has 1 aromatic rings. The molecule has 0 aliphatic heterocycles. The Morgan fingerprint density at radius 1 is 1.33 bits per heavy atom. The Hall–Kier alpha value is -2.04. The third-order valence-corrected chi connectivity index (χ3v) is 2.05. The summed E-state index contributed by atoms with van der Waals surface area (Å²) in [6.07, 6.45) is 0.148. The first-order valence-corrected chi connectivity index (χ1v) is 4.44. The van der Waals surface area contributed by atoms with E-state index < -0.39 is 4.92 Å². The van der Waals surface area contributed by atoms with E-state index in [1.807, 2.05) is 31.2 Å². The molecule has 1 aromatic carbocycles. The zero-order valence-electron chi connectivity index (χ0n) is 8.43. The maximum Gasteiger partial charge on any atom is 0.289 e. The predicted molar refractivity (Wildman–Crippen MR) is 57.3 cm³/mol. The van der Waals surface area contributed by atoms with Gasteiger partial charge in [0.25, 0.3) is 5.70 Å². The smallest absolute Gasteiger partial charge is 0.289 e. The first-order valence-electron chi connectivity index (χ1n) is 4.44. The van der Waals surface area contributed by atoms with Gasteiger partial charge in [-0.1, -0.05) is 29.8 Å². The average molecular weight is 207 g/mol. The van der Waals surface area contributed by atoms with E-state index in [1.165, 1.54) is 0 Å². The number of nitrogens with zero attached hydrogens (tertiary/aromatic N) is 1. The molecule has 0 saturated carbocycles. The molecule has 0 spiro atoms. The van der Waals surface area contributed by atoms with Crippen molar-refractivity contribution in [1.29, 1.82) is 0 Å². The Morgan fingerprint density at radius 2 is 1.87 bits per heavy atom. The van der Waals surface area contributed by atoms with Crippen molar-refractivity contribution in [3.05, 3.63) is 57.0 Å². The van der Waals surface area contributed by atoms with Crippen molar-refractivity contribution in [1.82, 2.24) is 0 Å². The van der Waals surface area contributed by atoms with E-state index in [9.17, 15) is 10.1 Å². The van der Waals surface area contributed by atoms with Crippen LogP contribution < -0.4 is 11.5 Å². The standard InChI is InChI=1S/C10H13N3O2/c1-7-2-4-8(5-3-7)6-9(10(11)12)13(14)15/h2-5H,6,11-12H2,1H3. The molecule has 0 aliphatic rings. The van der Waals surface area contributed by atoms with Crippen LogP contribution in [0.2, 0.25) is 0 Å². The number of aryl methyl sites for hydroxylation is 1. The highest BCUT2D eigenvalue weighted by Crippen LogP contribution is 2.10. The number of hydrogen-bond donors (Lipinski definition) is 2. The SMILES string of the molecule is Cc1ccc(CC(=C(N)N)[N+](=O)[O-])cc1. The lowest BCUT2D eigenvalue weighted by Gasteiger charge is -2.01. The molecule has 0 fully saturated rings. The van der Waals surface area contributed by atoms with E-state index in [1.54, 1.807) is 0 Å². The van der Waals surface area contributed by atoms with Gasteiger partial charge in [-0.2, -0.15) is 0 Å². The second kappa shape index (κ2) is 4.45. The van der Waals surface area contributed by atoms with Crippen LogP contribution in [-0.4, -0.2) is 4.92 Å². The normalized spacial score (nSPS) is 9.67. The van der Waals surface area contributed by atoms with Gasteiger partial charge in [0.05, 0.1) is 11.3 Å². The summed E-state index contributed by atoms with van der Waals surface area (Å²) in [5.41, 5.74) is 12.2. The Bertz CT molecular complexity index is 392. The first-order chi connectivity index (χ1) is 7.00. The Kier molecular flexibility index (Phi) is 3.28. The van der Waals surface area contributed by atoms with Crippen LogP contribution >= 0.6 is 0 Å². The van der Waals surface area contributed by atoms with Crippen LogP contribution in [0.15, 0.2) is 35.8 Å². The highest BCUT2D eigenvalue weighted by Gasteiger charge is 2.15. The molecule has 1 rings (SSSR count). The van der Waals surface area contributed by atoms with Crippen molar-refractivity contribution in [3.63, 3.8) is 0 Å². The molecule has 0 aromatic heterocycles. The summed E-state index contributed by atoms with van der Waals surface area (Å²) in [6, 6.07) is 7.42. The number of rotatable bonds is 3. The molecule has 0 unspecified atom stereocenters. The van der Waals surface area contributed by atoms with Crippen LogP contribution in [0.1, 0.15) is 11.1 Å². The van der Waals surface area contributed by atoms with E-state index in [0.717, 1.165) is 11.1 Å². The minimum atomic E-state index is -0.546. The fourth-order valence-corrected chi connectivity index (χ4v) is 1.17. The van der Waals surface area contributed by atoms with Gasteiger partial charge in [-0.25, -0.2) is 0 Å². The van der Waals surface area contributed by atoms with Gasteiger partial charge in [0, 0.05) is 0 Å². The van der Waals surface area contributed by atoms with E-state index in [-0.39, 0.29) is 17.9 Å². The molecule has 0 radical (unpaired) electrons. The molecule has 0 saturated heterocycles. The van der Waals surface area contributed by atoms with Crippen molar-refractivity contribution in [2.75, 3.05) is 0 Å². The van der Waals surface area contributed by atoms with E-state index in [4.69, 9.17) is 11.5 Å². The summed E-state index contributed by atoms with van der Waals surface area (Å²) in [6.45, 7) is 1.95. The molecule has 5 nitrogen and oxygen atoms in total. The van der Waals surface area contributed by atoms with Gasteiger partial charge in [0.15, 0.2) is 5.82 Å². The zero-order valence-corrected chi connectivity index (χ0v) is 8.43. The van der Waals surface area contributed by atoms with Crippen LogP contribution in [0.25, 0.3) is 0 Å². The minimum absolute atomic E-state index is 0.148. The predicted octanol–water partition coefficient (Wildman–Crippen LogP) is 0.901. The van der Waals surface area contributed by atoms with Crippen LogP contribution in [0.4, 0.5) is 0 Å². The van der Waals surface area contributed by atoms with Crippen LogP contribution in [0.5, 0.6) is 0 Å². The molecule has 15 heavy (non-hydrogen) atoms. The van der Waals surface area contributed by atoms with Crippen LogP contribution in [0, 0.1) is 17.0 Å². The Balaban J connectivity index is 2.90. The summed E-state index contributed by atoms with van der Waals surface area (Å²) in [7, 11) is 0. The summed E-state index contributed by atoms with van der Waals surface area (Å²) in [5, 5.41) is 10.6. The molecule has 0 atom stereocenters. The third-order valence-electron chi connectivity index (χ3n) is 2.05.